The van der Waals surface area contributed by atoms with Gasteiger partial charge in [-0.3, -0.25) is 10.2 Å². The number of furan rings is 1. The molecule has 0 saturated heterocycles. The van der Waals surface area contributed by atoms with E-state index in [1.807, 2.05) is 19.1 Å². The molecule has 0 spiro atoms. The number of hydrazine groups is 1. The molecule has 4 nitrogen and oxygen atoms in total. The van der Waals surface area contributed by atoms with Gasteiger partial charge in [-0.1, -0.05) is 6.92 Å². The lowest BCUT2D eigenvalue weighted by Crippen LogP contribution is -2.31. The van der Waals surface area contributed by atoms with E-state index in [1.165, 1.54) is 11.8 Å². The molecule has 0 radical (unpaired) electrons. The minimum absolute atomic E-state index is 0.169. The first kappa shape index (κ1) is 11.1. The molecule has 0 aromatic carbocycles. The Labute approximate surface area is 87.2 Å². The van der Waals surface area contributed by atoms with Crippen molar-refractivity contribution in [2.75, 3.05) is 5.75 Å². The molecule has 0 saturated carbocycles. The summed E-state index contributed by atoms with van der Waals surface area (Å²) in [6, 6.07) is 3.89. The molecular weight excluding hydrogens is 200 g/mol. The second-order valence-electron chi connectivity index (χ2n) is 2.78. The summed E-state index contributed by atoms with van der Waals surface area (Å²) in [6.07, 6.45) is 0.897. The molecule has 1 aromatic rings. The van der Waals surface area contributed by atoms with Crippen molar-refractivity contribution in [3.05, 3.63) is 23.7 Å². The summed E-state index contributed by atoms with van der Waals surface area (Å²) >= 11 is 1.48. The van der Waals surface area contributed by atoms with Gasteiger partial charge < -0.3 is 4.42 Å². The third kappa shape index (κ3) is 3.43. The Morgan fingerprint density at radius 3 is 2.86 bits per heavy atom. The molecule has 0 bridgehead atoms. The van der Waals surface area contributed by atoms with Gasteiger partial charge in [-0.25, -0.2) is 5.84 Å². The summed E-state index contributed by atoms with van der Waals surface area (Å²) in [7, 11) is 0. The number of nitrogens with one attached hydrogen (secondary N) is 1. The van der Waals surface area contributed by atoms with Gasteiger partial charge in [-0.05, 0) is 12.1 Å². The Hall–Kier alpha value is -0.940. The van der Waals surface area contributed by atoms with Crippen LogP contribution >= 0.6 is 11.8 Å². The lowest BCUT2D eigenvalue weighted by Gasteiger charge is -1.97. The fourth-order valence-electron chi connectivity index (χ4n) is 0.976. The zero-order valence-corrected chi connectivity index (χ0v) is 8.89. The van der Waals surface area contributed by atoms with Gasteiger partial charge in [0, 0.05) is 6.42 Å². The second kappa shape index (κ2) is 5.72. The van der Waals surface area contributed by atoms with Crippen molar-refractivity contribution in [2.24, 2.45) is 5.84 Å². The highest BCUT2D eigenvalue weighted by Gasteiger charge is 2.02. The third-order valence-corrected chi connectivity index (χ3v) is 2.66. The average Bonchev–Trinajstić information content (AvgIpc) is 2.65. The van der Waals surface area contributed by atoms with Crippen LogP contribution in [0.25, 0.3) is 0 Å². The van der Waals surface area contributed by atoms with Gasteiger partial charge in [0.05, 0.1) is 11.5 Å². The highest BCUT2D eigenvalue weighted by atomic mass is 32.2. The maximum Gasteiger partial charge on any atom is 0.243 e. The van der Waals surface area contributed by atoms with E-state index in [4.69, 9.17) is 10.3 Å². The number of hydrogen-bond donors (Lipinski definition) is 2. The molecule has 3 N–H and O–H groups in total. The number of aryl methyl sites for hydroxylation is 1. The minimum atomic E-state index is -0.169. The van der Waals surface area contributed by atoms with E-state index in [-0.39, 0.29) is 5.91 Å². The van der Waals surface area contributed by atoms with Crippen molar-refractivity contribution < 1.29 is 9.21 Å². The minimum Gasteiger partial charge on any atom is -0.465 e. The lowest BCUT2D eigenvalue weighted by molar-refractivity contribution is -0.118. The molecule has 0 unspecified atom stereocenters. The van der Waals surface area contributed by atoms with Gasteiger partial charge in [0.25, 0.3) is 0 Å². The number of rotatable bonds is 5. The summed E-state index contributed by atoms with van der Waals surface area (Å²) in [5, 5.41) is 0. The summed E-state index contributed by atoms with van der Waals surface area (Å²) < 4.78 is 5.46. The molecule has 0 atom stereocenters. The predicted octanol–water partition coefficient (Wildman–Crippen LogP) is 1.07. The van der Waals surface area contributed by atoms with Crippen LogP contribution in [0.1, 0.15) is 18.4 Å². The van der Waals surface area contributed by atoms with Crippen LogP contribution in [0.4, 0.5) is 0 Å². The van der Waals surface area contributed by atoms with Gasteiger partial charge >= 0.3 is 0 Å². The van der Waals surface area contributed by atoms with Crippen molar-refractivity contribution in [3.63, 3.8) is 0 Å². The summed E-state index contributed by atoms with van der Waals surface area (Å²) in [6.45, 7) is 2.04. The van der Waals surface area contributed by atoms with E-state index in [9.17, 15) is 4.79 Å². The summed E-state index contributed by atoms with van der Waals surface area (Å²) in [4.78, 5) is 10.8. The van der Waals surface area contributed by atoms with Crippen LogP contribution in [0.3, 0.4) is 0 Å². The average molecular weight is 214 g/mol. The SMILES string of the molecule is CCc1ccc(CSCC(=O)NN)o1. The van der Waals surface area contributed by atoms with Gasteiger partial charge in [-0.15, -0.1) is 11.8 Å². The predicted molar refractivity (Wildman–Crippen MR) is 56.6 cm³/mol. The van der Waals surface area contributed by atoms with Crippen LogP contribution in [-0.2, 0) is 17.0 Å². The quantitative estimate of drug-likeness (QED) is 0.437. The van der Waals surface area contributed by atoms with Gasteiger partial charge in [0.1, 0.15) is 11.5 Å². The highest BCUT2D eigenvalue weighted by molar-refractivity contribution is 7.99. The standard InChI is InChI=1S/C9H14N2O2S/c1-2-7-3-4-8(13-7)5-14-6-9(12)11-10/h3-4H,2,5-6,10H2,1H3,(H,11,12). The zero-order chi connectivity index (χ0) is 10.4. The molecule has 0 aliphatic carbocycles. The number of carbonyl (C=O) groups is 1. The van der Waals surface area contributed by atoms with Crippen molar-refractivity contribution in [3.8, 4) is 0 Å². The Kier molecular flexibility index (Phi) is 4.55. The van der Waals surface area contributed by atoms with E-state index >= 15 is 0 Å². The molecule has 0 aliphatic rings. The normalized spacial score (nSPS) is 10.1. The van der Waals surface area contributed by atoms with Crippen LogP contribution in [0.2, 0.25) is 0 Å². The number of nitrogens with two attached hydrogens (primary N) is 1. The van der Waals surface area contributed by atoms with Crippen LogP contribution in [0, 0.1) is 0 Å². The molecule has 1 amide bonds. The smallest absolute Gasteiger partial charge is 0.243 e. The molecule has 1 rings (SSSR count). The number of amides is 1. The Morgan fingerprint density at radius 2 is 2.29 bits per heavy atom. The lowest BCUT2D eigenvalue weighted by atomic mass is 10.4. The molecule has 0 fully saturated rings. The molecule has 0 aliphatic heterocycles. The van der Waals surface area contributed by atoms with Gasteiger partial charge in [0.15, 0.2) is 0 Å². The monoisotopic (exact) mass is 214 g/mol. The maximum absolute atomic E-state index is 10.8. The topological polar surface area (TPSA) is 68.3 Å². The van der Waals surface area contributed by atoms with Crippen LogP contribution in [-0.4, -0.2) is 11.7 Å². The van der Waals surface area contributed by atoms with E-state index in [1.54, 1.807) is 0 Å². The van der Waals surface area contributed by atoms with Gasteiger partial charge in [0.2, 0.25) is 5.91 Å². The Bertz CT molecular complexity index is 299. The van der Waals surface area contributed by atoms with E-state index in [0.717, 1.165) is 17.9 Å². The molecular formula is C9H14N2O2S. The first-order chi connectivity index (χ1) is 6.76. The van der Waals surface area contributed by atoms with E-state index < -0.39 is 0 Å². The van der Waals surface area contributed by atoms with Crippen molar-refractivity contribution in [1.82, 2.24) is 5.43 Å². The van der Waals surface area contributed by atoms with Crippen LogP contribution in [0.5, 0.6) is 0 Å². The van der Waals surface area contributed by atoms with Crippen molar-refractivity contribution >= 4 is 17.7 Å². The first-order valence-electron chi connectivity index (χ1n) is 4.41. The first-order valence-corrected chi connectivity index (χ1v) is 5.56. The highest BCUT2D eigenvalue weighted by Crippen LogP contribution is 2.15. The second-order valence-corrected chi connectivity index (χ2v) is 3.77. The van der Waals surface area contributed by atoms with Crippen molar-refractivity contribution in [2.45, 2.75) is 19.1 Å². The fraction of sp³-hybridized carbons (Fsp3) is 0.444. The Balaban J connectivity index is 2.27. The third-order valence-electron chi connectivity index (χ3n) is 1.70. The molecule has 1 heterocycles. The fourth-order valence-corrected chi connectivity index (χ4v) is 1.70. The number of carbonyl (C=O) groups excluding carboxylic acids is 1. The molecule has 14 heavy (non-hydrogen) atoms. The number of thioether (sulfide) groups is 1. The Morgan fingerprint density at radius 1 is 1.57 bits per heavy atom. The maximum atomic E-state index is 10.8. The van der Waals surface area contributed by atoms with Gasteiger partial charge in [-0.2, -0.15) is 0 Å². The van der Waals surface area contributed by atoms with Crippen molar-refractivity contribution in [1.29, 1.82) is 0 Å². The number of hydrogen-bond acceptors (Lipinski definition) is 4. The van der Waals surface area contributed by atoms with Crippen LogP contribution < -0.4 is 11.3 Å². The van der Waals surface area contributed by atoms with Crippen LogP contribution in [0.15, 0.2) is 16.5 Å². The summed E-state index contributed by atoms with van der Waals surface area (Å²) in [5.74, 6) is 7.71. The largest absolute Gasteiger partial charge is 0.465 e. The molecule has 78 valence electrons. The molecule has 5 heteroatoms. The van der Waals surface area contributed by atoms with E-state index in [2.05, 4.69) is 5.43 Å². The van der Waals surface area contributed by atoms with E-state index in [0.29, 0.717) is 11.5 Å². The molecule has 1 aromatic heterocycles. The zero-order valence-electron chi connectivity index (χ0n) is 8.08. The summed E-state index contributed by atoms with van der Waals surface area (Å²) in [5.41, 5.74) is 2.08.